The zero-order valence-electron chi connectivity index (χ0n) is 20.4. The van der Waals surface area contributed by atoms with Gasteiger partial charge >= 0.3 is 0 Å². The van der Waals surface area contributed by atoms with Gasteiger partial charge in [0.05, 0.1) is 34.7 Å². The molecule has 36 heavy (non-hydrogen) atoms. The summed E-state index contributed by atoms with van der Waals surface area (Å²) in [6.45, 7) is 0. The van der Waals surface area contributed by atoms with E-state index in [1.165, 1.54) is 6.07 Å². The van der Waals surface area contributed by atoms with Gasteiger partial charge in [-0.3, -0.25) is 9.67 Å². The van der Waals surface area contributed by atoms with Crippen molar-refractivity contribution in [2.45, 2.75) is 37.8 Å². The number of pyridine rings is 1. The molecule has 5 aromatic rings. The van der Waals surface area contributed by atoms with Crippen molar-refractivity contribution >= 4 is 21.8 Å². The third-order valence-electron chi connectivity index (χ3n) is 7.67. The van der Waals surface area contributed by atoms with Crippen LogP contribution in [-0.2, 0) is 7.05 Å². The van der Waals surface area contributed by atoms with Gasteiger partial charge in [0.25, 0.3) is 0 Å². The van der Waals surface area contributed by atoms with Crippen molar-refractivity contribution in [3.63, 3.8) is 0 Å². The van der Waals surface area contributed by atoms with Crippen LogP contribution in [-0.4, -0.2) is 32.4 Å². The van der Waals surface area contributed by atoms with Crippen molar-refractivity contribution in [2.75, 3.05) is 7.05 Å². The van der Waals surface area contributed by atoms with E-state index < -0.39 is 5.82 Å². The number of nitriles is 1. The number of hydrogen-bond donors (Lipinski definition) is 1. The molecule has 0 amide bonds. The van der Waals surface area contributed by atoms with E-state index in [1.807, 2.05) is 55.4 Å². The third-order valence-corrected chi connectivity index (χ3v) is 7.67. The Labute approximate surface area is 209 Å². The summed E-state index contributed by atoms with van der Waals surface area (Å²) < 4.78 is 19.0. The maximum Gasteiger partial charge on any atom is 0.141 e. The van der Waals surface area contributed by atoms with Crippen LogP contribution >= 0.6 is 0 Å². The number of nitrogens with one attached hydrogen (secondary N) is 1. The van der Waals surface area contributed by atoms with Crippen molar-refractivity contribution in [3.8, 4) is 28.5 Å². The molecule has 6 nitrogen and oxygen atoms in total. The van der Waals surface area contributed by atoms with Gasteiger partial charge in [0.1, 0.15) is 11.9 Å². The first-order valence-corrected chi connectivity index (χ1v) is 12.4. The van der Waals surface area contributed by atoms with Crippen LogP contribution < -0.4 is 5.32 Å². The van der Waals surface area contributed by atoms with Crippen molar-refractivity contribution < 1.29 is 4.39 Å². The van der Waals surface area contributed by atoms with E-state index in [0.29, 0.717) is 17.6 Å². The summed E-state index contributed by atoms with van der Waals surface area (Å²) in [5.74, 6) is -0.523. The number of halogens is 1. The highest BCUT2D eigenvalue weighted by molar-refractivity contribution is 6.02. The normalized spacial score (nSPS) is 18.1. The highest BCUT2D eigenvalue weighted by Gasteiger charge is 2.24. The average Bonchev–Trinajstić information content (AvgIpc) is 3.51. The Morgan fingerprint density at radius 2 is 1.81 bits per heavy atom. The summed E-state index contributed by atoms with van der Waals surface area (Å²) in [4.78, 5) is 4.95. The molecule has 3 aromatic heterocycles. The summed E-state index contributed by atoms with van der Waals surface area (Å²) in [7, 11) is 3.96. The molecule has 0 radical (unpaired) electrons. The fourth-order valence-corrected chi connectivity index (χ4v) is 5.67. The first-order valence-electron chi connectivity index (χ1n) is 12.4. The zero-order valence-corrected chi connectivity index (χ0v) is 20.4. The SMILES string of the molecule is CNC1CCC(n2ccc3c(-c4ccc(C#N)c(F)c4)c(-c4ccc5c(cnn5C)c4)ncc32)CC1. The summed E-state index contributed by atoms with van der Waals surface area (Å²) in [6.07, 6.45) is 10.4. The van der Waals surface area contributed by atoms with E-state index in [1.54, 1.807) is 6.07 Å². The molecule has 1 saturated carbocycles. The largest absolute Gasteiger partial charge is 0.343 e. The number of rotatable bonds is 4. The smallest absolute Gasteiger partial charge is 0.141 e. The lowest BCUT2D eigenvalue weighted by molar-refractivity contribution is 0.305. The first kappa shape index (κ1) is 22.4. The summed E-state index contributed by atoms with van der Waals surface area (Å²) in [5, 5.41) is 19.1. The molecule has 1 aliphatic carbocycles. The van der Waals surface area contributed by atoms with Crippen molar-refractivity contribution in [2.24, 2.45) is 7.05 Å². The summed E-state index contributed by atoms with van der Waals surface area (Å²) in [6, 6.07) is 16.0. The molecule has 1 aliphatic rings. The third kappa shape index (κ3) is 3.66. The number of benzene rings is 2. The van der Waals surface area contributed by atoms with Gasteiger partial charge in [-0.25, -0.2) is 4.39 Å². The molecule has 0 aliphatic heterocycles. The minimum atomic E-state index is -0.523. The molecule has 0 saturated heterocycles. The van der Waals surface area contributed by atoms with Crippen LogP contribution in [0, 0.1) is 17.1 Å². The Morgan fingerprint density at radius 3 is 2.56 bits per heavy atom. The standard InChI is InChI=1S/C29H27FN6/c1-32-22-6-8-23(9-7-22)36-12-11-24-27(36)17-33-29(19-5-10-26-21(13-19)16-34-35(26)2)28(24)18-3-4-20(15-31)25(30)14-18/h3-5,10-14,16-17,22-23,32H,6-9H2,1-2H3. The molecular formula is C29H27FN6. The Morgan fingerprint density at radius 1 is 1.00 bits per heavy atom. The lowest BCUT2D eigenvalue weighted by Crippen LogP contribution is -2.30. The van der Waals surface area contributed by atoms with Gasteiger partial charge in [-0.05, 0) is 68.6 Å². The van der Waals surface area contributed by atoms with Crippen LogP contribution in [0.5, 0.6) is 0 Å². The summed E-state index contributed by atoms with van der Waals surface area (Å²) >= 11 is 0. The predicted octanol–water partition coefficient (Wildman–Crippen LogP) is 5.97. The lowest BCUT2D eigenvalue weighted by atomic mass is 9.91. The zero-order chi connectivity index (χ0) is 24.8. The van der Waals surface area contributed by atoms with Crippen LogP contribution in [0.1, 0.15) is 37.3 Å². The number of aryl methyl sites for hydroxylation is 1. The number of aromatic nitrogens is 4. The Balaban J connectivity index is 1.54. The topological polar surface area (TPSA) is 71.5 Å². The highest BCUT2D eigenvalue weighted by Crippen LogP contribution is 2.40. The Hall–Kier alpha value is -4.02. The van der Waals surface area contributed by atoms with Gasteiger partial charge in [-0.15, -0.1) is 0 Å². The molecule has 0 atom stereocenters. The Kier molecular flexibility index (Phi) is 5.54. The second kappa shape index (κ2) is 8.89. The lowest BCUT2D eigenvalue weighted by Gasteiger charge is -2.30. The number of fused-ring (bicyclic) bond motifs is 2. The van der Waals surface area contributed by atoms with Crippen LogP contribution in [0.4, 0.5) is 4.39 Å². The molecule has 0 unspecified atom stereocenters. The van der Waals surface area contributed by atoms with E-state index in [9.17, 15) is 9.65 Å². The van der Waals surface area contributed by atoms with Gasteiger partial charge in [-0.2, -0.15) is 10.4 Å². The quantitative estimate of drug-likeness (QED) is 0.345. The molecule has 6 rings (SSSR count). The second-order valence-corrected chi connectivity index (χ2v) is 9.65. The number of nitrogens with zero attached hydrogens (tertiary/aromatic N) is 5. The number of hydrogen-bond acceptors (Lipinski definition) is 4. The molecule has 1 N–H and O–H groups in total. The van der Waals surface area contributed by atoms with E-state index in [-0.39, 0.29) is 5.56 Å². The molecule has 7 heteroatoms. The highest BCUT2D eigenvalue weighted by atomic mass is 19.1. The van der Waals surface area contributed by atoms with Crippen LogP contribution in [0.15, 0.2) is 61.1 Å². The van der Waals surface area contributed by atoms with Gasteiger partial charge in [-0.1, -0.05) is 12.1 Å². The molecule has 180 valence electrons. The fraction of sp³-hybridized carbons (Fsp3) is 0.276. The van der Waals surface area contributed by atoms with Gasteiger partial charge < -0.3 is 9.88 Å². The molecule has 3 heterocycles. The van der Waals surface area contributed by atoms with Gasteiger partial charge in [0.15, 0.2) is 0 Å². The minimum absolute atomic E-state index is 0.0380. The Bertz CT molecular complexity index is 1630. The molecule has 2 aromatic carbocycles. The van der Waals surface area contributed by atoms with E-state index in [4.69, 9.17) is 4.98 Å². The maximum atomic E-state index is 14.8. The van der Waals surface area contributed by atoms with Gasteiger partial charge in [0, 0.05) is 47.2 Å². The van der Waals surface area contributed by atoms with Gasteiger partial charge in [0.2, 0.25) is 0 Å². The monoisotopic (exact) mass is 478 g/mol. The first-order chi connectivity index (χ1) is 17.6. The molecule has 1 fully saturated rings. The minimum Gasteiger partial charge on any atom is -0.343 e. The summed E-state index contributed by atoms with van der Waals surface area (Å²) in [5.41, 5.74) is 5.44. The van der Waals surface area contributed by atoms with Crippen molar-refractivity contribution in [1.82, 2.24) is 24.6 Å². The van der Waals surface area contributed by atoms with Crippen LogP contribution in [0.2, 0.25) is 0 Å². The second-order valence-electron chi connectivity index (χ2n) is 9.65. The predicted molar refractivity (Wildman–Crippen MR) is 140 cm³/mol. The van der Waals surface area contributed by atoms with E-state index in [0.717, 1.165) is 64.3 Å². The maximum absolute atomic E-state index is 14.8. The van der Waals surface area contributed by atoms with Crippen LogP contribution in [0.3, 0.4) is 0 Å². The van der Waals surface area contributed by atoms with Crippen molar-refractivity contribution in [3.05, 3.63) is 72.4 Å². The molecule has 0 spiro atoms. The fourth-order valence-electron chi connectivity index (χ4n) is 5.67. The molecular weight excluding hydrogens is 451 g/mol. The van der Waals surface area contributed by atoms with E-state index >= 15 is 0 Å². The van der Waals surface area contributed by atoms with Crippen LogP contribution in [0.25, 0.3) is 44.2 Å². The molecule has 0 bridgehead atoms. The van der Waals surface area contributed by atoms with Crippen molar-refractivity contribution in [1.29, 1.82) is 5.26 Å². The average molecular weight is 479 g/mol. The van der Waals surface area contributed by atoms with E-state index in [2.05, 4.69) is 33.3 Å².